The Morgan fingerprint density at radius 2 is 2.05 bits per heavy atom. The van der Waals surface area contributed by atoms with Gasteiger partial charge in [-0.25, -0.2) is 0 Å². The Morgan fingerprint density at radius 1 is 1.32 bits per heavy atom. The molecule has 2 aliphatic rings. The van der Waals surface area contributed by atoms with E-state index >= 15 is 0 Å². The Bertz CT molecular complexity index is 561. The van der Waals surface area contributed by atoms with E-state index in [0.717, 1.165) is 37.6 Å². The summed E-state index contributed by atoms with van der Waals surface area (Å²) in [5.41, 5.74) is 11.0. The Kier molecular flexibility index (Phi) is 4.55. The van der Waals surface area contributed by atoms with E-state index < -0.39 is 0 Å². The number of piperidine rings is 1. The van der Waals surface area contributed by atoms with Crippen molar-refractivity contribution in [2.24, 2.45) is 0 Å². The molecule has 2 heterocycles. The molecule has 1 atom stereocenters. The topological polar surface area (TPSA) is 62.3 Å². The summed E-state index contributed by atoms with van der Waals surface area (Å²) in [6.45, 7) is 6.29. The summed E-state index contributed by atoms with van der Waals surface area (Å²) < 4.78 is 5.51. The van der Waals surface area contributed by atoms with Gasteiger partial charge in [0.15, 0.2) is 7.85 Å². The Hall–Kier alpha value is -1.33. The number of benzene rings is 1. The van der Waals surface area contributed by atoms with Crippen LogP contribution in [0.4, 0.5) is 5.69 Å². The number of anilines is 1. The zero-order valence-corrected chi connectivity index (χ0v) is 13.7. The molecule has 2 saturated heterocycles. The molecule has 0 radical (unpaired) electrons. The van der Waals surface area contributed by atoms with E-state index in [0.29, 0.717) is 17.6 Å². The predicted molar refractivity (Wildman–Crippen MR) is 93.7 cm³/mol. The van der Waals surface area contributed by atoms with Crippen LogP contribution in [0.2, 0.25) is 0 Å². The van der Waals surface area contributed by atoms with Gasteiger partial charge in [0.25, 0.3) is 0 Å². The monoisotopic (exact) mass is 299 g/mol. The maximum atomic E-state index is 7.81. The molecule has 0 saturated carbocycles. The molecular weight excluding hydrogens is 273 g/mol. The minimum atomic E-state index is 0.545. The first-order valence-corrected chi connectivity index (χ1v) is 8.33. The van der Waals surface area contributed by atoms with Crippen molar-refractivity contribution in [1.82, 2.24) is 4.90 Å². The molecule has 1 unspecified atom stereocenters. The fourth-order valence-corrected chi connectivity index (χ4v) is 3.89. The number of rotatable bonds is 3. The summed E-state index contributed by atoms with van der Waals surface area (Å²) in [5, 5.41) is 7.81. The molecule has 1 aromatic carbocycles. The molecule has 0 bridgehead atoms. The van der Waals surface area contributed by atoms with Crippen LogP contribution in [0.25, 0.3) is 0 Å². The molecule has 5 heteroatoms. The van der Waals surface area contributed by atoms with Crippen molar-refractivity contribution in [3.05, 3.63) is 28.8 Å². The van der Waals surface area contributed by atoms with Gasteiger partial charge in [-0.05, 0) is 74.1 Å². The number of likely N-dealkylation sites (tertiary alicyclic amines) is 1. The van der Waals surface area contributed by atoms with Crippen molar-refractivity contribution in [3.8, 4) is 0 Å². The van der Waals surface area contributed by atoms with Crippen LogP contribution in [0, 0.1) is 12.3 Å². The van der Waals surface area contributed by atoms with E-state index in [2.05, 4.69) is 24.0 Å². The lowest BCUT2D eigenvalue weighted by atomic mass is 9.83. The molecule has 0 aliphatic carbocycles. The highest BCUT2D eigenvalue weighted by Crippen LogP contribution is 2.34. The van der Waals surface area contributed by atoms with E-state index in [-0.39, 0.29) is 0 Å². The molecule has 4 nitrogen and oxygen atoms in total. The molecule has 2 aliphatic heterocycles. The molecule has 118 valence electrons. The molecule has 3 N–H and O–H groups in total. The number of nitrogens with one attached hydrogen (secondary N) is 1. The number of hydrogen-bond donors (Lipinski definition) is 2. The van der Waals surface area contributed by atoms with Gasteiger partial charge in [-0.15, -0.1) is 0 Å². The fraction of sp³-hybridized carbons (Fsp3) is 0.588. The number of nitrogen functional groups attached to an aromatic ring is 1. The number of nitrogens with two attached hydrogens (primary N) is 1. The van der Waals surface area contributed by atoms with E-state index in [1.54, 1.807) is 7.85 Å². The average molecular weight is 299 g/mol. The fourth-order valence-electron chi connectivity index (χ4n) is 3.89. The van der Waals surface area contributed by atoms with Crippen molar-refractivity contribution in [2.45, 2.75) is 38.1 Å². The molecule has 1 aromatic rings. The van der Waals surface area contributed by atoms with Crippen molar-refractivity contribution in [2.75, 3.05) is 32.0 Å². The van der Waals surface area contributed by atoms with Crippen LogP contribution in [0.5, 0.6) is 0 Å². The van der Waals surface area contributed by atoms with E-state index in [4.69, 9.17) is 15.9 Å². The molecule has 0 amide bonds. The third kappa shape index (κ3) is 3.06. The third-order valence-electron chi connectivity index (χ3n) is 5.23. The predicted octanol–water partition coefficient (Wildman–Crippen LogP) is 1.50. The highest BCUT2D eigenvalue weighted by atomic mass is 16.5. The molecule has 0 spiro atoms. The third-order valence-corrected chi connectivity index (χ3v) is 5.23. The molecule has 2 fully saturated rings. The van der Waals surface area contributed by atoms with Crippen molar-refractivity contribution in [3.63, 3.8) is 0 Å². The first-order chi connectivity index (χ1) is 10.6. The number of aryl methyl sites for hydroxylation is 1. The van der Waals surface area contributed by atoms with E-state index in [9.17, 15) is 0 Å². The van der Waals surface area contributed by atoms with Crippen molar-refractivity contribution in [1.29, 1.82) is 5.41 Å². The van der Waals surface area contributed by atoms with Gasteiger partial charge in [-0.3, -0.25) is 4.90 Å². The molecule has 0 aromatic heterocycles. The lowest BCUT2D eigenvalue weighted by Gasteiger charge is -2.36. The molecule has 3 rings (SSSR count). The zero-order chi connectivity index (χ0) is 15.7. The smallest absolute Gasteiger partial charge is 0.163 e. The van der Waals surface area contributed by atoms with Crippen LogP contribution in [-0.2, 0) is 4.74 Å². The van der Waals surface area contributed by atoms with Gasteiger partial charge in [0.05, 0.1) is 6.61 Å². The summed E-state index contributed by atoms with van der Waals surface area (Å²) in [4.78, 5) is 2.60. The van der Waals surface area contributed by atoms with Crippen molar-refractivity contribution < 1.29 is 4.74 Å². The molecular formula is C17H26BN3O. The summed E-state index contributed by atoms with van der Waals surface area (Å²) in [5.74, 6) is 0.598. The maximum Gasteiger partial charge on any atom is 0.163 e. The quantitative estimate of drug-likeness (QED) is 0.505. The normalized spacial score (nSPS) is 23.8. The van der Waals surface area contributed by atoms with Crippen LogP contribution in [-0.4, -0.2) is 50.7 Å². The summed E-state index contributed by atoms with van der Waals surface area (Å²) >= 11 is 0. The summed E-state index contributed by atoms with van der Waals surface area (Å²) in [7, 11) is 1.80. The van der Waals surface area contributed by atoms with Gasteiger partial charge in [-0.2, -0.15) is 0 Å². The van der Waals surface area contributed by atoms with Crippen LogP contribution in [0.15, 0.2) is 12.1 Å². The summed E-state index contributed by atoms with van der Waals surface area (Å²) in [6.07, 6.45) is 3.57. The standard InChI is InChI=1S/C17H26BN3O/c1-11-8-15(17(18)20)16(19)9-14(11)12-2-5-21(6-3-12)13-4-7-22-10-13/h8-9,12-13,20H,2-7,10,18-19H2,1H3. The van der Waals surface area contributed by atoms with Crippen LogP contribution in [0.3, 0.4) is 0 Å². The number of ether oxygens (including phenoxy) is 1. The SMILES string of the molecule is BC(=N)c1cc(C)c(C2CCN(C3CCOC3)CC2)cc1N. The lowest BCUT2D eigenvalue weighted by molar-refractivity contribution is 0.122. The largest absolute Gasteiger partial charge is 0.398 e. The minimum absolute atomic E-state index is 0.545. The molecule has 22 heavy (non-hydrogen) atoms. The van der Waals surface area contributed by atoms with E-state index in [1.807, 2.05) is 0 Å². The van der Waals surface area contributed by atoms with Gasteiger partial charge in [0, 0.05) is 23.9 Å². The second kappa shape index (κ2) is 6.43. The highest BCUT2D eigenvalue weighted by Gasteiger charge is 2.28. The minimum Gasteiger partial charge on any atom is -0.398 e. The van der Waals surface area contributed by atoms with Crippen LogP contribution >= 0.6 is 0 Å². The second-order valence-electron chi connectivity index (χ2n) is 6.75. The first kappa shape index (κ1) is 15.6. The van der Waals surface area contributed by atoms with Gasteiger partial charge in [0.1, 0.15) is 0 Å². The second-order valence-corrected chi connectivity index (χ2v) is 6.75. The Morgan fingerprint density at radius 3 is 2.64 bits per heavy atom. The first-order valence-electron chi connectivity index (χ1n) is 8.33. The average Bonchev–Trinajstić information content (AvgIpc) is 3.03. The number of nitrogens with zero attached hydrogens (tertiary/aromatic N) is 1. The van der Waals surface area contributed by atoms with Gasteiger partial charge >= 0.3 is 0 Å². The summed E-state index contributed by atoms with van der Waals surface area (Å²) in [6, 6.07) is 4.83. The van der Waals surface area contributed by atoms with Gasteiger partial charge in [0.2, 0.25) is 0 Å². The van der Waals surface area contributed by atoms with Gasteiger partial charge in [-0.1, -0.05) is 0 Å². The maximum absolute atomic E-state index is 7.81. The lowest BCUT2D eigenvalue weighted by Crippen LogP contribution is -2.41. The zero-order valence-electron chi connectivity index (χ0n) is 13.7. The van der Waals surface area contributed by atoms with E-state index in [1.165, 1.54) is 30.4 Å². The van der Waals surface area contributed by atoms with Crippen molar-refractivity contribution >= 4 is 19.1 Å². The van der Waals surface area contributed by atoms with Gasteiger partial charge < -0.3 is 15.9 Å². The van der Waals surface area contributed by atoms with Crippen LogP contribution < -0.4 is 5.73 Å². The highest BCUT2D eigenvalue weighted by molar-refractivity contribution is 6.64. The Balaban J connectivity index is 1.70. The van der Waals surface area contributed by atoms with Crippen LogP contribution in [0.1, 0.15) is 41.9 Å². The number of hydrogen-bond acceptors (Lipinski definition) is 4. The Labute approximate surface area is 133 Å².